The van der Waals surface area contributed by atoms with Crippen molar-refractivity contribution < 1.29 is 0 Å². The zero-order valence-corrected chi connectivity index (χ0v) is 11.3. The molecule has 2 aromatic carbocycles. The molecule has 3 aromatic rings. The van der Waals surface area contributed by atoms with Gasteiger partial charge in [0.15, 0.2) is 0 Å². The van der Waals surface area contributed by atoms with E-state index in [9.17, 15) is 0 Å². The van der Waals surface area contributed by atoms with Gasteiger partial charge in [-0.05, 0) is 30.3 Å². The highest BCUT2D eigenvalue weighted by molar-refractivity contribution is 9.10. The van der Waals surface area contributed by atoms with E-state index in [1.807, 2.05) is 0 Å². The smallest absolute Gasteiger partial charge is 0.126 e. The van der Waals surface area contributed by atoms with Gasteiger partial charge < -0.3 is 4.98 Å². The molecule has 4 heteroatoms. The van der Waals surface area contributed by atoms with Crippen LogP contribution in [0.25, 0.3) is 21.8 Å². The number of imidazole rings is 1. The van der Waals surface area contributed by atoms with Crippen LogP contribution in [0.5, 0.6) is 0 Å². The molecule has 0 saturated carbocycles. The largest absolute Gasteiger partial charge is 0.338 e. The third kappa shape index (κ3) is 1.55. The Morgan fingerprint density at radius 3 is 2.94 bits per heavy atom. The van der Waals surface area contributed by atoms with Gasteiger partial charge in [0.05, 0.1) is 11.0 Å². The van der Waals surface area contributed by atoms with E-state index in [2.05, 4.69) is 62.9 Å². The van der Waals surface area contributed by atoms with Gasteiger partial charge in [0.2, 0.25) is 0 Å². The van der Waals surface area contributed by atoms with Gasteiger partial charge in [0.25, 0.3) is 0 Å². The Hall–Kier alpha value is -0.920. The van der Waals surface area contributed by atoms with Crippen LogP contribution in [0.4, 0.5) is 0 Å². The first kappa shape index (κ1) is 10.2. The predicted molar refractivity (Wildman–Crippen MR) is 75.2 cm³/mol. The Balaban J connectivity index is 2.43. The van der Waals surface area contributed by atoms with Crippen molar-refractivity contribution in [3.63, 3.8) is 0 Å². The van der Waals surface area contributed by atoms with Gasteiger partial charge in [0.1, 0.15) is 5.57 Å². The molecule has 0 fully saturated rings. The Kier molecular flexibility index (Phi) is 2.45. The number of hydrogen-bond acceptors (Lipinski definition) is 1. The summed E-state index contributed by atoms with van der Waals surface area (Å²) in [5.74, 6) is 0. The number of aromatic amines is 1. The van der Waals surface area contributed by atoms with Crippen LogP contribution in [0.3, 0.4) is 0 Å². The van der Waals surface area contributed by atoms with Crippen molar-refractivity contribution >= 4 is 51.9 Å². The normalized spacial score (nSPS) is 12.1. The Morgan fingerprint density at radius 2 is 2.12 bits per heavy atom. The standard InChI is InChI=1S/C12H10BrN2P/c1-16-12-14-10-5-2-7-6-8(13)3-4-9(7)11(10)15-12/h2-6,16H,1H3,(H,14,15). The Bertz CT molecular complexity index is 675. The van der Waals surface area contributed by atoms with Crippen molar-refractivity contribution in [1.29, 1.82) is 0 Å². The molecular formula is C12H10BrN2P. The fourth-order valence-electron chi connectivity index (χ4n) is 1.89. The average Bonchev–Trinajstić information content (AvgIpc) is 2.71. The molecule has 1 N–H and O–H groups in total. The summed E-state index contributed by atoms with van der Waals surface area (Å²) < 4.78 is 1.10. The molecule has 80 valence electrons. The molecule has 0 radical (unpaired) electrons. The number of rotatable bonds is 1. The summed E-state index contributed by atoms with van der Waals surface area (Å²) in [7, 11) is 0.706. The number of hydrogen-bond donors (Lipinski definition) is 1. The SMILES string of the molecule is CPc1nc2c(ccc3cc(Br)ccc32)[nH]1. The number of aromatic nitrogens is 2. The average molecular weight is 293 g/mol. The third-order valence-corrected chi connectivity index (χ3v) is 3.87. The predicted octanol–water partition coefficient (Wildman–Crippen LogP) is 3.41. The van der Waals surface area contributed by atoms with Crippen LogP contribution in [0.2, 0.25) is 0 Å². The first-order valence-electron chi connectivity index (χ1n) is 5.03. The zero-order valence-electron chi connectivity index (χ0n) is 8.71. The molecule has 16 heavy (non-hydrogen) atoms. The number of benzene rings is 2. The molecular weight excluding hydrogens is 283 g/mol. The molecule has 0 aliphatic heterocycles. The molecule has 1 unspecified atom stereocenters. The maximum Gasteiger partial charge on any atom is 0.126 e. The van der Waals surface area contributed by atoms with Crippen LogP contribution >= 0.6 is 24.5 Å². The van der Waals surface area contributed by atoms with Crippen molar-refractivity contribution in [2.75, 3.05) is 6.66 Å². The summed E-state index contributed by atoms with van der Waals surface area (Å²) in [4.78, 5) is 7.97. The fourth-order valence-corrected chi connectivity index (χ4v) is 2.75. The number of nitrogens with one attached hydrogen (secondary N) is 1. The van der Waals surface area contributed by atoms with Gasteiger partial charge in [-0.1, -0.05) is 36.6 Å². The third-order valence-electron chi connectivity index (χ3n) is 2.67. The van der Waals surface area contributed by atoms with Crippen molar-refractivity contribution in [2.45, 2.75) is 0 Å². The molecule has 3 rings (SSSR count). The quantitative estimate of drug-likeness (QED) is 0.684. The van der Waals surface area contributed by atoms with Gasteiger partial charge in [-0.2, -0.15) is 0 Å². The summed E-state index contributed by atoms with van der Waals surface area (Å²) in [6.45, 7) is 2.14. The minimum absolute atomic E-state index is 0.706. The van der Waals surface area contributed by atoms with E-state index < -0.39 is 0 Å². The highest BCUT2D eigenvalue weighted by Gasteiger charge is 2.05. The van der Waals surface area contributed by atoms with Crippen LogP contribution in [0.1, 0.15) is 0 Å². The van der Waals surface area contributed by atoms with E-state index in [1.165, 1.54) is 10.8 Å². The minimum Gasteiger partial charge on any atom is -0.338 e. The lowest BCUT2D eigenvalue weighted by Crippen LogP contribution is -1.95. The molecule has 1 heterocycles. The summed E-state index contributed by atoms with van der Waals surface area (Å²) >= 11 is 3.49. The lowest BCUT2D eigenvalue weighted by atomic mass is 10.1. The highest BCUT2D eigenvalue weighted by atomic mass is 79.9. The van der Waals surface area contributed by atoms with Crippen molar-refractivity contribution in [3.8, 4) is 0 Å². The lowest BCUT2D eigenvalue weighted by molar-refractivity contribution is 1.45. The second-order valence-corrected chi connectivity index (χ2v) is 5.55. The van der Waals surface area contributed by atoms with Gasteiger partial charge in [0, 0.05) is 9.86 Å². The zero-order chi connectivity index (χ0) is 11.1. The van der Waals surface area contributed by atoms with E-state index in [0.717, 1.165) is 21.1 Å². The number of halogens is 1. The monoisotopic (exact) mass is 292 g/mol. The second kappa shape index (κ2) is 3.83. The lowest BCUT2D eigenvalue weighted by Gasteiger charge is -1.98. The van der Waals surface area contributed by atoms with E-state index in [0.29, 0.717) is 8.58 Å². The van der Waals surface area contributed by atoms with E-state index >= 15 is 0 Å². The van der Waals surface area contributed by atoms with Gasteiger partial charge >= 0.3 is 0 Å². The number of H-pyrrole nitrogens is 1. The van der Waals surface area contributed by atoms with Crippen LogP contribution in [-0.2, 0) is 0 Å². The van der Waals surface area contributed by atoms with Gasteiger partial charge in [-0.15, -0.1) is 0 Å². The Labute approximate surface area is 103 Å². The molecule has 0 spiro atoms. The molecule has 0 aliphatic rings. The maximum atomic E-state index is 4.63. The van der Waals surface area contributed by atoms with Gasteiger partial charge in [-0.25, -0.2) is 4.98 Å². The second-order valence-electron chi connectivity index (χ2n) is 3.66. The Morgan fingerprint density at radius 1 is 1.25 bits per heavy atom. The van der Waals surface area contributed by atoms with Crippen LogP contribution in [0, 0.1) is 0 Å². The number of nitrogens with zero attached hydrogens (tertiary/aromatic N) is 1. The molecule has 0 bridgehead atoms. The summed E-state index contributed by atoms with van der Waals surface area (Å²) in [5, 5.41) is 2.43. The first-order chi connectivity index (χ1) is 7.78. The summed E-state index contributed by atoms with van der Waals surface area (Å²) in [5.41, 5.74) is 3.28. The van der Waals surface area contributed by atoms with Gasteiger partial charge in [-0.3, -0.25) is 0 Å². The topological polar surface area (TPSA) is 28.7 Å². The van der Waals surface area contributed by atoms with E-state index in [4.69, 9.17) is 0 Å². The molecule has 0 amide bonds. The van der Waals surface area contributed by atoms with Crippen LogP contribution in [-0.4, -0.2) is 16.6 Å². The fraction of sp³-hybridized carbons (Fsp3) is 0.0833. The van der Waals surface area contributed by atoms with Crippen molar-refractivity contribution in [3.05, 3.63) is 34.8 Å². The van der Waals surface area contributed by atoms with Crippen molar-refractivity contribution in [1.82, 2.24) is 9.97 Å². The van der Waals surface area contributed by atoms with Crippen LogP contribution < -0.4 is 5.57 Å². The molecule has 1 aromatic heterocycles. The maximum absolute atomic E-state index is 4.63. The molecule has 1 atom stereocenters. The summed E-state index contributed by atoms with van der Waals surface area (Å²) in [6, 6.07) is 10.5. The first-order valence-corrected chi connectivity index (χ1v) is 7.33. The highest BCUT2D eigenvalue weighted by Crippen LogP contribution is 2.25. The minimum atomic E-state index is 0.706. The molecule has 2 nitrogen and oxygen atoms in total. The summed E-state index contributed by atoms with van der Waals surface area (Å²) in [6.07, 6.45) is 0. The molecule has 0 saturated heterocycles. The van der Waals surface area contributed by atoms with Crippen molar-refractivity contribution in [2.24, 2.45) is 0 Å². The van der Waals surface area contributed by atoms with Crippen LogP contribution in [0.15, 0.2) is 34.8 Å². The number of fused-ring (bicyclic) bond motifs is 3. The van der Waals surface area contributed by atoms with E-state index in [1.54, 1.807) is 0 Å². The van der Waals surface area contributed by atoms with E-state index in [-0.39, 0.29) is 0 Å². The molecule has 0 aliphatic carbocycles.